The Balaban J connectivity index is 1.78. The van der Waals surface area contributed by atoms with Gasteiger partial charge in [0.2, 0.25) is 0 Å². The molecule has 0 saturated carbocycles. The van der Waals surface area contributed by atoms with E-state index in [1.165, 1.54) is 21.0 Å². The van der Waals surface area contributed by atoms with Crippen molar-refractivity contribution in [2.75, 3.05) is 12.4 Å². The van der Waals surface area contributed by atoms with Gasteiger partial charge in [0.05, 0.1) is 18.8 Å². The summed E-state index contributed by atoms with van der Waals surface area (Å²) in [4.78, 5) is 12.9. The number of alkyl halides is 3. The summed E-state index contributed by atoms with van der Waals surface area (Å²) in [5.74, 6) is -0.960. The summed E-state index contributed by atoms with van der Waals surface area (Å²) in [7, 11) is 1.22. The van der Waals surface area contributed by atoms with Crippen molar-refractivity contribution in [2.24, 2.45) is 0 Å². The first-order chi connectivity index (χ1) is 15.9. The van der Waals surface area contributed by atoms with Gasteiger partial charge in [-0.05, 0) is 34.9 Å². The average Bonchev–Trinajstić information content (AvgIpc) is 2.76. The minimum Gasteiger partial charge on any atom is -0.493 e. The summed E-state index contributed by atoms with van der Waals surface area (Å²) in [5.41, 5.74) is -4.12. The number of rotatable bonds is 3. The van der Waals surface area contributed by atoms with Crippen LogP contribution in [0.15, 0.2) is 54.6 Å². The molecule has 0 heterocycles. The number of anilines is 1. The number of nitrogens with one attached hydrogen (secondary N) is 2. The van der Waals surface area contributed by atoms with E-state index >= 15 is 0 Å². The molecule has 0 bridgehead atoms. The van der Waals surface area contributed by atoms with E-state index in [1.807, 2.05) is 18.2 Å². The largest absolute Gasteiger partial charge is 0.493 e. The van der Waals surface area contributed by atoms with Gasteiger partial charge in [-0.3, -0.25) is 0 Å². The summed E-state index contributed by atoms with van der Waals surface area (Å²) < 4.78 is 62.3. The van der Waals surface area contributed by atoms with E-state index in [1.54, 1.807) is 24.3 Å². The smallest absolute Gasteiger partial charge is 0.419 e. The minimum atomic E-state index is -5.08. The van der Waals surface area contributed by atoms with Crippen LogP contribution in [0.1, 0.15) is 37.4 Å². The van der Waals surface area contributed by atoms with E-state index in [4.69, 9.17) is 4.74 Å². The van der Waals surface area contributed by atoms with E-state index < -0.39 is 41.5 Å². The van der Waals surface area contributed by atoms with Crippen LogP contribution in [-0.4, -0.2) is 30.0 Å². The number of carbonyl (C=O) groups is 1. The Kier molecular flexibility index (Phi) is 5.72. The van der Waals surface area contributed by atoms with Crippen molar-refractivity contribution in [3.05, 3.63) is 71.5 Å². The van der Waals surface area contributed by atoms with Gasteiger partial charge in [0, 0.05) is 10.9 Å². The lowest BCUT2D eigenvalue weighted by Gasteiger charge is -2.48. The maximum Gasteiger partial charge on any atom is 0.419 e. The lowest BCUT2D eigenvalue weighted by atomic mass is 9.63. The summed E-state index contributed by atoms with van der Waals surface area (Å²) in [5, 5.41) is 17.4. The first-order valence-corrected chi connectivity index (χ1v) is 10.6. The van der Waals surface area contributed by atoms with Crippen molar-refractivity contribution in [2.45, 2.75) is 43.5 Å². The SMILES string of the molecule is COc1c(F)ccc2c1C(C)(C)C[C@](O)(C(F)(F)F)[C@@H]2NC(=O)Nc1cccc2ccccc12. The van der Waals surface area contributed by atoms with Gasteiger partial charge in [0.15, 0.2) is 17.2 Å². The fourth-order valence-corrected chi connectivity index (χ4v) is 4.92. The minimum absolute atomic E-state index is 0.0672. The standard InChI is InChI=1S/C25H24F4N2O3/c1-23(2)13-24(33,25(27,28)29)21(16-11-12-17(26)20(34-3)19(16)23)31-22(32)30-18-10-6-8-14-7-4-5-9-15(14)18/h4-12,21,33H,13H2,1-3H3,(H2,30,31,32)/t21-,24-/m1/s1. The number of methoxy groups -OCH3 is 1. The maximum atomic E-state index is 14.5. The van der Waals surface area contributed by atoms with Crippen LogP contribution < -0.4 is 15.4 Å². The first-order valence-electron chi connectivity index (χ1n) is 10.6. The van der Waals surface area contributed by atoms with Crippen molar-refractivity contribution in [3.8, 4) is 5.75 Å². The van der Waals surface area contributed by atoms with Crippen LogP contribution in [0.25, 0.3) is 10.8 Å². The van der Waals surface area contributed by atoms with Gasteiger partial charge in [-0.2, -0.15) is 13.2 Å². The molecule has 0 aliphatic heterocycles. The van der Waals surface area contributed by atoms with E-state index in [2.05, 4.69) is 10.6 Å². The van der Waals surface area contributed by atoms with Gasteiger partial charge in [-0.1, -0.05) is 56.3 Å². The van der Waals surface area contributed by atoms with Crippen LogP contribution in [0, 0.1) is 5.82 Å². The number of amides is 2. The molecule has 3 aromatic carbocycles. The topological polar surface area (TPSA) is 70.6 Å². The monoisotopic (exact) mass is 476 g/mol. The molecule has 0 aromatic heterocycles. The molecule has 5 nitrogen and oxygen atoms in total. The maximum absolute atomic E-state index is 14.5. The second-order valence-electron chi connectivity index (χ2n) is 9.09. The number of halogens is 4. The van der Waals surface area contributed by atoms with Gasteiger partial charge in [-0.15, -0.1) is 0 Å². The molecule has 180 valence electrons. The quantitative estimate of drug-likeness (QED) is 0.417. The Bertz CT molecular complexity index is 1250. The van der Waals surface area contributed by atoms with Crippen LogP contribution in [0.5, 0.6) is 5.75 Å². The molecule has 1 aliphatic carbocycles. The number of hydrogen-bond donors (Lipinski definition) is 3. The van der Waals surface area contributed by atoms with Crippen LogP contribution in [0.2, 0.25) is 0 Å². The Hall–Kier alpha value is -3.33. The molecule has 0 fully saturated rings. The van der Waals surface area contributed by atoms with Gasteiger partial charge in [0.1, 0.15) is 0 Å². The normalized spacial score (nSPS) is 21.6. The molecular weight excluding hydrogens is 452 g/mol. The molecule has 3 N–H and O–H groups in total. The van der Waals surface area contributed by atoms with Crippen molar-refractivity contribution >= 4 is 22.5 Å². The third kappa shape index (κ3) is 3.83. The van der Waals surface area contributed by atoms with Gasteiger partial charge in [-0.25, -0.2) is 9.18 Å². The lowest BCUT2D eigenvalue weighted by molar-refractivity contribution is -0.280. The molecule has 4 rings (SSSR count). The van der Waals surface area contributed by atoms with Gasteiger partial charge >= 0.3 is 12.2 Å². The first kappa shape index (κ1) is 23.8. The Morgan fingerprint density at radius 3 is 2.44 bits per heavy atom. The average molecular weight is 476 g/mol. The second kappa shape index (κ2) is 8.16. The number of hydrogen-bond acceptors (Lipinski definition) is 3. The van der Waals surface area contributed by atoms with Crippen LogP contribution in [-0.2, 0) is 5.41 Å². The van der Waals surface area contributed by atoms with Crippen molar-refractivity contribution in [1.82, 2.24) is 5.32 Å². The summed E-state index contributed by atoms with van der Waals surface area (Å²) in [6.45, 7) is 2.94. The number of fused-ring (bicyclic) bond motifs is 2. The zero-order valence-corrected chi connectivity index (χ0v) is 18.8. The zero-order valence-electron chi connectivity index (χ0n) is 18.8. The van der Waals surface area contributed by atoms with Crippen LogP contribution in [0.4, 0.5) is 28.0 Å². The highest BCUT2D eigenvalue weighted by atomic mass is 19.4. The highest BCUT2D eigenvalue weighted by molar-refractivity contribution is 6.01. The van der Waals surface area contributed by atoms with Gasteiger partial charge in [0.25, 0.3) is 0 Å². The van der Waals surface area contributed by atoms with Gasteiger partial charge < -0.3 is 20.5 Å². The summed E-state index contributed by atoms with van der Waals surface area (Å²) in [6.07, 6.45) is -5.89. The molecule has 34 heavy (non-hydrogen) atoms. The Morgan fingerprint density at radius 1 is 1.09 bits per heavy atom. The number of urea groups is 1. The summed E-state index contributed by atoms with van der Waals surface area (Å²) >= 11 is 0. The van der Waals surface area contributed by atoms with E-state index in [9.17, 15) is 27.5 Å². The van der Waals surface area contributed by atoms with Crippen molar-refractivity contribution in [1.29, 1.82) is 0 Å². The second-order valence-corrected chi connectivity index (χ2v) is 9.09. The molecule has 1 aliphatic rings. The molecular formula is C25H24F4N2O3. The molecule has 2 atom stereocenters. The predicted molar refractivity (Wildman–Crippen MR) is 120 cm³/mol. The lowest BCUT2D eigenvalue weighted by Crippen LogP contribution is -2.61. The molecule has 3 aromatic rings. The highest BCUT2D eigenvalue weighted by Crippen LogP contribution is 2.55. The number of ether oxygens (including phenoxy) is 1. The molecule has 0 spiro atoms. The Labute approximate surface area is 193 Å². The third-order valence-corrected chi connectivity index (χ3v) is 6.33. The number of carbonyl (C=O) groups excluding carboxylic acids is 1. The highest BCUT2D eigenvalue weighted by Gasteiger charge is 2.64. The van der Waals surface area contributed by atoms with Crippen LogP contribution in [0.3, 0.4) is 0 Å². The number of benzene rings is 3. The molecule has 2 amide bonds. The number of aliphatic hydroxyl groups is 1. The molecule has 0 unspecified atom stereocenters. The van der Waals surface area contributed by atoms with E-state index in [0.717, 1.165) is 17.5 Å². The van der Waals surface area contributed by atoms with E-state index in [-0.39, 0.29) is 16.9 Å². The Morgan fingerprint density at radius 2 is 1.76 bits per heavy atom. The van der Waals surface area contributed by atoms with Crippen LogP contribution >= 0.6 is 0 Å². The van der Waals surface area contributed by atoms with Crippen molar-refractivity contribution in [3.63, 3.8) is 0 Å². The van der Waals surface area contributed by atoms with E-state index in [0.29, 0.717) is 11.1 Å². The van der Waals surface area contributed by atoms with Crippen molar-refractivity contribution < 1.29 is 32.2 Å². The predicted octanol–water partition coefficient (Wildman–Crippen LogP) is 5.83. The molecule has 9 heteroatoms. The third-order valence-electron chi connectivity index (χ3n) is 6.33. The zero-order chi connectivity index (χ0) is 24.9. The molecule has 0 radical (unpaired) electrons. The fraction of sp³-hybridized carbons (Fsp3) is 0.320. The molecule has 0 saturated heterocycles. The summed E-state index contributed by atoms with van der Waals surface area (Å²) in [6, 6.07) is 11.6. The fourth-order valence-electron chi connectivity index (χ4n) is 4.92.